The molecule has 1 aliphatic rings. The van der Waals surface area contributed by atoms with Gasteiger partial charge in [-0.3, -0.25) is 4.79 Å². The Morgan fingerprint density at radius 2 is 2.05 bits per heavy atom. The van der Waals surface area contributed by atoms with Crippen LogP contribution in [0.5, 0.6) is 0 Å². The molecule has 0 saturated carbocycles. The monoisotopic (exact) mass is 303 g/mol. The topological polar surface area (TPSA) is 44.4 Å². The minimum atomic E-state index is 0.167. The second-order valence-electron chi connectivity index (χ2n) is 6.23. The van der Waals surface area contributed by atoms with E-state index in [9.17, 15) is 4.79 Å². The van der Waals surface area contributed by atoms with E-state index in [1.54, 1.807) is 0 Å². The molecule has 0 bridgehead atoms. The van der Waals surface area contributed by atoms with E-state index in [4.69, 9.17) is 0 Å². The van der Waals surface area contributed by atoms with Crippen molar-refractivity contribution >= 4 is 5.91 Å². The van der Waals surface area contributed by atoms with Crippen molar-refractivity contribution in [3.63, 3.8) is 0 Å². The van der Waals surface area contributed by atoms with Crippen LogP contribution in [0.3, 0.4) is 0 Å². The maximum absolute atomic E-state index is 11.9. The van der Waals surface area contributed by atoms with E-state index in [1.165, 1.54) is 16.7 Å². The lowest BCUT2D eigenvalue weighted by atomic mass is 10.0. The van der Waals surface area contributed by atoms with Crippen molar-refractivity contribution in [2.24, 2.45) is 0 Å². The lowest BCUT2D eigenvalue weighted by Gasteiger charge is -2.27. The molecule has 0 aromatic heterocycles. The molecule has 1 saturated heterocycles. The van der Waals surface area contributed by atoms with E-state index < -0.39 is 0 Å². The lowest BCUT2D eigenvalue weighted by Crippen LogP contribution is -2.44. The van der Waals surface area contributed by atoms with Gasteiger partial charge in [0.1, 0.15) is 0 Å². The van der Waals surface area contributed by atoms with Crippen LogP contribution in [0.2, 0.25) is 0 Å². The number of nitrogens with zero attached hydrogens (tertiary/aromatic N) is 1. The largest absolute Gasteiger partial charge is 0.356 e. The Labute approximate surface area is 134 Å². The fourth-order valence-corrected chi connectivity index (χ4v) is 2.93. The molecule has 2 rings (SSSR count). The molecule has 4 heteroatoms. The first kappa shape index (κ1) is 17.0. The standard InChI is InChI=1S/C18H29N3O/c1-15-4-5-17(16(2)14-15)6-7-18(22)20-8-3-11-21-12-9-19-10-13-21/h4-5,14,19H,3,6-13H2,1-2H3,(H,20,22). The first-order chi connectivity index (χ1) is 10.6. The van der Waals surface area contributed by atoms with Gasteiger partial charge < -0.3 is 15.5 Å². The van der Waals surface area contributed by atoms with Crippen molar-refractivity contribution in [2.45, 2.75) is 33.1 Å². The van der Waals surface area contributed by atoms with Crippen molar-refractivity contribution in [1.29, 1.82) is 0 Å². The van der Waals surface area contributed by atoms with Crippen LogP contribution in [0, 0.1) is 13.8 Å². The zero-order valence-corrected chi connectivity index (χ0v) is 14.0. The summed E-state index contributed by atoms with van der Waals surface area (Å²) in [5, 5.41) is 6.39. The minimum absolute atomic E-state index is 0.167. The summed E-state index contributed by atoms with van der Waals surface area (Å²) < 4.78 is 0. The summed E-state index contributed by atoms with van der Waals surface area (Å²) in [6.45, 7) is 10.5. The molecule has 0 atom stereocenters. The molecule has 122 valence electrons. The smallest absolute Gasteiger partial charge is 0.220 e. The molecule has 1 aliphatic heterocycles. The third kappa shape index (κ3) is 5.78. The van der Waals surface area contributed by atoms with E-state index in [2.05, 4.69) is 47.6 Å². The van der Waals surface area contributed by atoms with E-state index in [-0.39, 0.29) is 5.91 Å². The van der Waals surface area contributed by atoms with E-state index >= 15 is 0 Å². The maximum atomic E-state index is 11.9. The molecule has 1 amide bonds. The Kier molecular flexibility index (Phi) is 6.87. The van der Waals surface area contributed by atoms with Crippen LogP contribution in [0.15, 0.2) is 18.2 Å². The van der Waals surface area contributed by atoms with Crippen LogP contribution in [0.4, 0.5) is 0 Å². The molecule has 4 nitrogen and oxygen atoms in total. The van der Waals surface area contributed by atoms with Crippen molar-refractivity contribution in [3.05, 3.63) is 34.9 Å². The summed E-state index contributed by atoms with van der Waals surface area (Å²) in [5.41, 5.74) is 3.84. The summed E-state index contributed by atoms with van der Waals surface area (Å²) in [6, 6.07) is 6.44. The van der Waals surface area contributed by atoms with Gasteiger partial charge in [0.25, 0.3) is 0 Å². The molecule has 22 heavy (non-hydrogen) atoms. The van der Waals surface area contributed by atoms with Crippen molar-refractivity contribution in [2.75, 3.05) is 39.3 Å². The minimum Gasteiger partial charge on any atom is -0.356 e. The molecule has 2 N–H and O–H groups in total. The van der Waals surface area contributed by atoms with Crippen molar-refractivity contribution < 1.29 is 4.79 Å². The molecule has 1 heterocycles. The highest BCUT2D eigenvalue weighted by atomic mass is 16.1. The van der Waals surface area contributed by atoms with Gasteiger partial charge in [0.15, 0.2) is 0 Å². The molecular weight excluding hydrogens is 274 g/mol. The van der Waals surface area contributed by atoms with E-state index in [0.29, 0.717) is 6.42 Å². The fraction of sp³-hybridized carbons (Fsp3) is 0.611. The summed E-state index contributed by atoms with van der Waals surface area (Å²) in [7, 11) is 0. The van der Waals surface area contributed by atoms with Gasteiger partial charge in [-0.05, 0) is 44.4 Å². The number of hydrogen-bond acceptors (Lipinski definition) is 3. The summed E-state index contributed by atoms with van der Waals surface area (Å²) in [5.74, 6) is 0.167. The molecule has 1 aromatic rings. The van der Waals surface area contributed by atoms with E-state index in [0.717, 1.165) is 52.1 Å². The number of rotatable bonds is 7. The summed E-state index contributed by atoms with van der Waals surface area (Å²) >= 11 is 0. The van der Waals surface area contributed by atoms with Crippen LogP contribution < -0.4 is 10.6 Å². The van der Waals surface area contributed by atoms with Gasteiger partial charge in [-0.1, -0.05) is 23.8 Å². The maximum Gasteiger partial charge on any atom is 0.220 e. The van der Waals surface area contributed by atoms with E-state index in [1.807, 2.05) is 0 Å². The highest BCUT2D eigenvalue weighted by molar-refractivity contribution is 5.76. The number of amides is 1. The number of carbonyl (C=O) groups is 1. The van der Waals surface area contributed by atoms with Crippen LogP contribution in [0.1, 0.15) is 29.5 Å². The molecular formula is C18H29N3O. The first-order valence-electron chi connectivity index (χ1n) is 8.41. The van der Waals surface area contributed by atoms with Gasteiger partial charge in [0, 0.05) is 39.1 Å². The van der Waals surface area contributed by atoms with Crippen LogP contribution >= 0.6 is 0 Å². The van der Waals surface area contributed by atoms with Crippen LogP contribution in [-0.2, 0) is 11.2 Å². The molecule has 1 fully saturated rings. The Morgan fingerprint density at radius 3 is 2.77 bits per heavy atom. The fourth-order valence-electron chi connectivity index (χ4n) is 2.93. The predicted molar refractivity (Wildman–Crippen MR) is 91.2 cm³/mol. The second-order valence-corrected chi connectivity index (χ2v) is 6.23. The van der Waals surface area contributed by atoms with Crippen LogP contribution in [-0.4, -0.2) is 50.1 Å². The Balaban J connectivity index is 1.59. The van der Waals surface area contributed by atoms with Gasteiger partial charge in [0.2, 0.25) is 5.91 Å². The predicted octanol–water partition coefficient (Wildman–Crippen LogP) is 1.65. The van der Waals surface area contributed by atoms with Gasteiger partial charge in [-0.25, -0.2) is 0 Å². The average molecular weight is 303 g/mol. The number of hydrogen-bond donors (Lipinski definition) is 2. The molecule has 0 radical (unpaired) electrons. The number of benzene rings is 1. The van der Waals surface area contributed by atoms with Gasteiger partial charge in [0.05, 0.1) is 0 Å². The van der Waals surface area contributed by atoms with Crippen molar-refractivity contribution in [3.8, 4) is 0 Å². The van der Waals surface area contributed by atoms with Crippen molar-refractivity contribution in [1.82, 2.24) is 15.5 Å². The van der Waals surface area contributed by atoms with Gasteiger partial charge in [-0.15, -0.1) is 0 Å². The number of piperazine rings is 1. The summed E-state index contributed by atoms with van der Waals surface area (Å²) in [6.07, 6.45) is 2.45. The zero-order chi connectivity index (χ0) is 15.8. The number of nitrogens with one attached hydrogen (secondary N) is 2. The Bertz CT molecular complexity index is 481. The van der Waals surface area contributed by atoms with Gasteiger partial charge >= 0.3 is 0 Å². The van der Waals surface area contributed by atoms with Crippen LogP contribution in [0.25, 0.3) is 0 Å². The lowest BCUT2D eigenvalue weighted by molar-refractivity contribution is -0.121. The zero-order valence-electron chi connectivity index (χ0n) is 14.0. The molecule has 0 unspecified atom stereocenters. The third-order valence-electron chi connectivity index (χ3n) is 4.30. The third-order valence-corrected chi connectivity index (χ3v) is 4.30. The average Bonchev–Trinajstić information content (AvgIpc) is 2.52. The molecule has 1 aromatic carbocycles. The second kappa shape index (κ2) is 8.91. The van der Waals surface area contributed by atoms with Gasteiger partial charge in [-0.2, -0.15) is 0 Å². The number of carbonyl (C=O) groups excluding carboxylic acids is 1. The normalized spacial score (nSPS) is 15.7. The quantitative estimate of drug-likeness (QED) is 0.753. The SMILES string of the molecule is Cc1ccc(CCC(=O)NCCCN2CCNCC2)c(C)c1. The molecule has 0 spiro atoms. The molecule has 0 aliphatic carbocycles. The number of aryl methyl sites for hydroxylation is 3. The first-order valence-corrected chi connectivity index (χ1v) is 8.41. The Morgan fingerprint density at radius 1 is 1.27 bits per heavy atom. The highest BCUT2D eigenvalue weighted by Gasteiger charge is 2.09. The summed E-state index contributed by atoms with van der Waals surface area (Å²) in [4.78, 5) is 14.4. The highest BCUT2D eigenvalue weighted by Crippen LogP contribution is 2.12. The Hall–Kier alpha value is -1.39.